The lowest BCUT2D eigenvalue weighted by Gasteiger charge is -2.24. The van der Waals surface area contributed by atoms with Gasteiger partial charge in [0.1, 0.15) is 5.82 Å². The number of benzene rings is 1. The number of rotatable bonds is 8. The van der Waals surface area contributed by atoms with Gasteiger partial charge in [0.25, 0.3) is 5.91 Å². The summed E-state index contributed by atoms with van der Waals surface area (Å²) >= 11 is 0. The summed E-state index contributed by atoms with van der Waals surface area (Å²) in [4.78, 5) is 16.5. The summed E-state index contributed by atoms with van der Waals surface area (Å²) in [6.45, 7) is 12.3. The van der Waals surface area contributed by atoms with E-state index in [0.29, 0.717) is 13.1 Å². The predicted octanol–water partition coefficient (Wildman–Crippen LogP) is 3.33. The van der Waals surface area contributed by atoms with Crippen molar-refractivity contribution in [3.8, 4) is 0 Å². The molecular weight excluding hydrogens is 267 g/mol. The highest BCUT2D eigenvalue weighted by Crippen LogP contribution is 2.13. The van der Waals surface area contributed by atoms with Gasteiger partial charge in [-0.15, -0.1) is 0 Å². The van der Waals surface area contributed by atoms with Crippen LogP contribution in [0, 0.1) is 12.7 Å². The molecule has 1 aromatic rings. The second kappa shape index (κ2) is 8.78. The molecule has 0 saturated carbocycles. The Labute approximate surface area is 127 Å². The van der Waals surface area contributed by atoms with E-state index in [0.717, 1.165) is 31.6 Å². The van der Waals surface area contributed by atoms with Gasteiger partial charge in [-0.3, -0.25) is 4.79 Å². The lowest BCUT2D eigenvalue weighted by molar-refractivity contribution is 0.0752. The van der Waals surface area contributed by atoms with Gasteiger partial charge < -0.3 is 9.80 Å². The second-order valence-electron chi connectivity index (χ2n) is 5.25. The minimum absolute atomic E-state index is 0.180. The molecule has 0 saturated heterocycles. The fourth-order valence-electron chi connectivity index (χ4n) is 2.40. The minimum Gasteiger partial charge on any atom is -0.339 e. The molecule has 0 aliphatic heterocycles. The number of carbonyl (C=O) groups excluding carboxylic acids is 1. The molecule has 0 fully saturated rings. The zero-order valence-corrected chi connectivity index (χ0v) is 13.7. The van der Waals surface area contributed by atoms with Crippen LogP contribution < -0.4 is 0 Å². The zero-order valence-electron chi connectivity index (χ0n) is 13.7. The standard InChI is InChI=1S/C17H27FN2O/c1-5-19(6-2)11-8-12-20(7-3)17(21)15-13-14(4)9-10-16(15)18/h9-10,13H,5-8,11-12H2,1-4H3. The summed E-state index contributed by atoms with van der Waals surface area (Å²) in [6, 6.07) is 4.68. The molecule has 0 atom stereocenters. The van der Waals surface area contributed by atoms with Crippen LogP contribution in [-0.4, -0.2) is 48.4 Å². The molecule has 0 aromatic heterocycles. The Morgan fingerprint density at radius 2 is 1.76 bits per heavy atom. The summed E-state index contributed by atoms with van der Waals surface area (Å²) in [5, 5.41) is 0. The molecule has 4 heteroatoms. The van der Waals surface area contributed by atoms with Crippen molar-refractivity contribution in [3.05, 3.63) is 35.1 Å². The van der Waals surface area contributed by atoms with Gasteiger partial charge in [0.15, 0.2) is 0 Å². The van der Waals surface area contributed by atoms with Crippen molar-refractivity contribution < 1.29 is 9.18 Å². The Kier molecular flexibility index (Phi) is 7.37. The van der Waals surface area contributed by atoms with E-state index < -0.39 is 5.82 Å². The fourth-order valence-corrected chi connectivity index (χ4v) is 2.40. The molecule has 1 aromatic carbocycles. The van der Waals surface area contributed by atoms with E-state index in [9.17, 15) is 9.18 Å². The van der Waals surface area contributed by atoms with Gasteiger partial charge in [0.05, 0.1) is 5.56 Å². The van der Waals surface area contributed by atoms with Crippen LogP contribution in [0.4, 0.5) is 4.39 Å². The SMILES string of the molecule is CCN(CC)CCCN(CC)C(=O)c1cc(C)ccc1F. The summed E-state index contributed by atoms with van der Waals surface area (Å²) < 4.78 is 13.8. The fraction of sp³-hybridized carbons (Fsp3) is 0.588. The molecular formula is C17H27FN2O. The van der Waals surface area contributed by atoms with Crippen LogP contribution in [0.5, 0.6) is 0 Å². The molecule has 0 aliphatic carbocycles. The van der Waals surface area contributed by atoms with Crippen molar-refractivity contribution in [2.24, 2.45) is 0 Å². The quantitative estimate of drug-likeness (QED) is 0.734. The summed E-state index contributed by atoms with van der Waals surface area (Å²) in [5.74, 6) is -0.647. The van der Waals surface area contributed by atoms with Crippen LogP contribution in [-0.2, 0) is 0 Å². The highest BCUT2D eigenvalue weighted by atomic mass is 19.1. The first-order chi connectivity index (χ1) is 10.0. The largest absolute Gasteiger partial charge is 0.339 e. The van der Waals surface area contributed by atoms with Crippen LogP contribution in [0.25, 0.3) is 0 Å². The number of amides is 1. The van der Waals surface area contributed by atoms with E-state index in [2.05, 4.69) is 18.7 Å². The molecule has 3 nitrogen and oxygen atoms in total. The molecule has 21 heavy (non-hydrogen) atoms. The molecule has 0 heterocycles. The van der Waals surface area contributed by atoms with Crippen molar-refractivity contribution in [1.82, 2.24) is 9.80 Å². The molecule has 1 rings (SSSR count). The number of hydrogen-bond donors (Lipinski definition) is 0. The van der Waals surface area contributed by atoms with Crippen LogP contribution >= 0.6 is 0 Å². The van der Waals surface area contributed by atoms with Crippen LogP contribution in [0.15, 0.2) is 18.2 Å². The Balaban J connectivity index is 2.67. The van der Waals surface area contributed by atoms with Gasteiger partial charge in [-0.2, -0.15) is 0 Å². The lowest BCUT2D eigenvalue weighted by atomic mass is 10.1. The molecule has 0 aliphatic rings. The lowest BCUT2D eigenvalue weighted by Crippen LogP contribution is -2.34. The third-order valence-electron chi connectivity index (χ3n) is 3.82. The molecule has 1 amide bonds. The number of halogens is 1. The Morgan fingerprint density at radius 1 is 1.10 bits per heavy atom. The van der Waals surface area contributed by atoms with Crippen molar-refractivity contribution in [2.75, 3.05) is 32.7 Å². The van der Waals surface area contributed by atoms with E-state index in [1.54, 1.807) is 17.0 Å². The van der Waals surface area contributed by atoms with E-state index in [1.807, 2.05) is 13.8 Å². The summed E-state index contributed by atoms with van der Waals surface area (Å²) in [6.07, 6.45) is 0.911. The maximum atomic E-state index is 13.8. The maximum absolute atomic E-state index is 13.8. The van der Waals surface area contributed by atoms with E-state index in [4.69, 9.17) is 0 Å². The summed E-state index contributed by atoms with van der Waals surface area (Å²) in [5.41, 5.74) is 1.08. The van der Waals surface area contributed by atoms with Crippen LogP contribution in [0.3, 0.4) is 0 Å². The predicted molar refractivity (Wildman–Crippen MR) is 85.1 cm³/mol. The Bertz CT molecular complexity index is 458. The van der Waals surface area contributed by atoms with Gasteiger partial charge in [-0.1, -0.05) is 25.5 Å². The Morgan fingerprint density at radius 3 is 2.33 bits per heavy atom. The smallest absolute Gasteiger partial charge is 0.256 e. The normalized spacial score (nSPS) is 11.0. The van der Waals surface area contributed by atoms with Crippen molar-refractivity contribution in [1.29, 1.82) is 0 Å². The van der Waals surface area contributed by atoms with Crippen LogP contribution in [0.2, 0.25) is 0 Å². The highest BCUT2D eigenvalue weighted by molar-refractivity contribution is 5.94. The van der Waals surface area contributed by atoms with Gasteiger partial charge in [-0.25, -0.2) is 4.39 Å². The second-order valence-corrected chi connectivity index (χ2v) is 5.25. The van der Waals surface area contributed by atoms with Gasteiger partial charge in [0, 0.05) is 13.1 Å². The number of hydrogen-bond acceptors (Lipinski definition) is 2. The number of nitrogens with zero attached hydrogens (tertiary/aromatic N) is 2. The summed E-state index contributed by atoms with van der Waals surface area (Å²) in [7, 11) is 0. The molecule has 0 radical (unpaired) electrons. The molecule has 118 valence electrons. The van der Waals surface area contributed by atoms with E-state index in [1.165, 1.54) is 6.07 Å². The number of carbonyl (C=O) groups is 1. The zero-order chi connectivity index (χ0) is 15.8. The average Bonchev–Trinajstić information content (AvgIpc) is 2.49. The minimum atomic E-state index is -0.437. The number of aryl methyl sites for hydroxylation is 1. The van der Waals surface area contributed by atoms with Crippen molar-refractivity contribution in [3.63, 3.8) is 0 Å². The topological polar surface area (TPSA) is 23.6 Å². The molecule has 0 bridgehead atoms. The van der Waals surface area contributed by atoms with Gasteiger partial charge in [0.2, 0.25) is 0 Å². The van der Waals surface area contributed by atoms with Gasteiger partial charge >= 0.3 is 0 Å². The first-order valence-electron chi connectivity index (χ1n) is 7.81. The third-order valence-corrected chi connectivity index (χ3v) is 3.82. The third kappa shape index (κ3) is 5.12. The van der Waals surface area contributed by atoms with Crippen molar-refractivity contribution in [2.45, 2.75) is 34.1 Å². The van der Waals surface area contributed by atoms with E-state index in [-0.39, 0.29) is 11.5 Å². The average molecular weight is 294 g/mol. The van der Waals surface area contributed by atoms with Gasteiger partial charge in [-0.05, 0) is 52.0 Å². The van der Waals surface area contributed by atoms with E-state index >= 15 is 0 Å². The van der Waals surface area contributed by atoms with Crippen LogP contribution in [0.1, 0.15) is 43.1 Å². The highest BCUT2D eigenvalue weighted by Gasteiger charge is 2.18. The maximum Gasteiger partial charge on any atom is 0.256 e. The monoisotopic (exact) mass is 294 g/mol. The van der Waals surface area contributed by atoms with Crippen molar-refractivity contribution >= 4 is 5.91 Å². The first-order valence-corrected chi connectivity index (χ1v) is 7.81. The first kappa shape index (κ1) is 17.6. The molecule has 0 N–H and O–H groups in total. The Hall–Kier alpha value is -1.42. The molecule has 0 spiro atoms. The molecule has 0 unspecified atom stereocenters.